The highest BCUT2D eigenvalue weighted by molar-refractivity contribution is 6.08. The lowest BCUT2D eigenvalue weighted by atomic mass is 9.51. The van der Waals surface area contributed by atoms with Gasteiger partial charge in [0.15, 0.2) is 0 Å². The van der Waals surface area contributed by atoms with E-state index in [1.807, 2.05) is 24.3 Å². The third-order valence-corrected chi connectivity index (χ3v) is 6.49. The number of benzene rings is 2. The summed E-state index contributed by atoms with van der Waals surface area (Å²) in [5.41, 5.74) is 0.756. The summed E-state index contributed by atoms with van der Waals surface area (Å²) in [7, 11) is 0. The second kappa shape index (κ2) is 5.72. The molecule has 2 amide bonds. The first-order valence-corrected chi connectivity index (χ1v) is 9.34. The zero-order valence-electron chi connectivity index (χ0n) is 14.9. The highest BCUT2D eigenvalue weighted by atomic mass is 16.6. The Morgan fingerprint density at radius 3 is 2.11 bits per heavy atom. The number of imide groups is 1. The van der Waals surface area contributed by atoms with Crippen LogP contribution in [0.4, 0.5) is 0 Å². The monoisotopic (exact) mass is 378 g/mol. The van der Waals surface area contributed by atoms with E-state index in [1.165, 1.54) is 0 Å². The van der Waals surface area contributed by atoms with E-state index in [9.17, 15) is 19.7 Å². The van der Waals surface area contributed by atoms with E-state index in [0.29, 0.717) is 11.1 Å². The van der Waals surface area contributed by atoms with Gasteiger partial charge in [0, 0.05) is 35.1 Å². The topological polar surface area (TPSA) is 101 Å². The SMILES string of the molecule is O=C1[C@@H]2C3c4ccccc4C([N+](=O)[O-])(c4ccccc43)[C@H]2C(=O)N1CCCO. The van der Waals surface area contributed by atoms with E-state index >= 15 is 0 Å². The van der Waals surface area contributed by atoms with Gasteiger partial charge in [0.1, 0.15) is 5.92 Å². The van der Waals surface area contributed by atoms with Gasteiger partial charge in [0.05, 0.1) is 5.92 Å². The number of amides is 2. The summed E-state index contributed by atoms with van der Waals surface area (Å²) in [6.45, 7) is -0.0783. The van der Waals surface area contributed by atoms with Gasteiger partial charge in [-0.1, -0.05) is 48.5 Å². The van der Waals surface area contributed by atoms with Gasteiger partial charge in [-0.3, -0.25) is 24.6 Å². The number of hydrogen-bond donors (Lipinski definition) is 1. The number of nitro groups is 1. The maximum Gasteiger partial charge on any atom is 0.284 e. The number of carbonyl (C=O) groups excluding carboxylic acids is 2. The van der Waals surface area contributed by atoms with Crippen molar-refractivity contribution in [2.45, 2.75) is 17.9 Å². The Morgan fingerprint density at radius 1 is 1.00 bits per heavy atom. The van der Waals surface area contributed by atoms with Crippen molar-refractivity contribution in [1.82, 2.24) is 4.90 Å². The summed E-state index contributed by atoms with van der Waals surface area (Å²) < 4.78 is 0. The van der Waals surface area contributed by atoms with E-state index in [0.717, 1.165) is 16.0 Å². The van der Waals surface area contributed by atoms with Crippen LogP contribution in [0.1, 0.15) is 34.6 Å². The molecule has 1 heterocycles. The molecule has 1 N–H and O–H groups in total. The second-order valence-corrected chi connectivity index (χ2v) is 7.58. The Bertz CT molecular complexity index is 985. The predicted molar refractivity (Wildman–Crippen MR) is 97.9 cm³/mol. The van der Waals surface area contributed by atoms with E-state index in [1.54, 1.807) is 24.3 Å². The molecular formula is C21H18N2O5. The molecule has 142 valence electrons. The van der Waals surface area contributed by atoms with Gasteiger partial charge in [-0.15, -0.1) is 0 Å². The Hall–Kier alpha value is -3.06. The summed E-state index contributed by atoms with van der Waals surface area (Å²) >= 11 is 0. The summed E-state index contributed by atoms with van der Waals surface area (Å²) in [5, 5.41) is 21.8. The van der Waals surface area contributed by atoms with Crippen molar-refractivity contribution in [3.05, 3.63) is 80.9 Å². The van der Waals surface area contributed by atoms with Crippen molar-refractivity contribution in [1.29, 1.82) is 0 Å². The molecule has 6 rings (SSSR count). The minimum atomic E-state index is -1.77. The van der Waals surface area contributed by atoms with Crippen molar-refractivity contribution in [3.63, 3.8) is 0 Å². The first-order valence-electron chi connectivity index (χ1n) is 9.34. The molecule has 1 saturated heterocycles. The van der Waals surface area contributed by atoms with Gasteiger partial charge < -0.3 is 5.11 Å². The van der Waals surface area contributed by atoms with Gasteiger partial charge in [-0.2, -0.15) is 0 Å². The number of aliphatic hydroxyl groups is 1. The molecule has 0 aromatic heterocycles. The molecule has 0 radical (unpaired) electrons. The van der Waals surface area contributed by atoms with Crippen LogP contribution in [0.15, 0.2) is 48.5 Å². The third-order valence-electron chi connectivity index (χ3n) is 6.49. The molecule has 2 atom stereocenters. The van der Waals surface area contributed by atoms with Crippen LogP contribution in [0.3, 0.4) is 0 Å². The average Bonchev–Trinajstić information content (AvgIpc) is 2.97. The molecular weight excluding hydrogens is 360 g/mol. The molecule has 7 heteroatoms. The molecule has 0 saturated carbocycles. The Balaban J connectivity index is 1.83. The number of nitrogens with zero attached hydrogens (tertiary/aromatic N) is 2. The lowest BCUT2D eigenvalue weighted by Crippen LogP contribution is -2.57. The van der Waals surface area contributed by atoms with Crippen LogP contribution >= 0.6 is 0 Å². The maximum absolute atomic E-state index is 13.3. The maximum atomic E-state index is 13.3. The van der Waals surface area contributed by atoms with Crippen LogP contribution in [0.2, 0.25) is 0 Å². The van der Waals surface area contributed by atoms with Crippen LogP contribution in [-0.4, -0.2) is 39.9 Å². The molecule has 1 aliphatic heterocycles. The molecule has 2 bridgehead atoms. The molecule has 0 spiro atoms. The number of likely N-dealkylation sites (tertiary alicyclic amines) is 1. The quantitative estimate of drug-likeness (QED) is 0.495. The fraction of sp³-hybridized carbons (Fsp3) is 0.333. The smallest absolute Gasteiger partial charge is 0.284 e. The highest BCUT2D eigenvalue weighted by Crippen LogP contribution is 2.64. The Labute approximate surface area is 160 Å². The van der Waals surface area contributed by atoms with Crippen LogP contribution in [-0.2, 0) is 15.1 Å². The summed E-state index contributed by atoms with van der Waals surface area (Å²) in [4.78, 5) is 39.9. The predicted octanol–water partition coefficient (Wildman–Crippen LogP) is 1.65. The van der Waals surface area contributed by atoms with E-state index in [-0.39, 0.29) is 36.3 Å². The standard InChI is InChI=1S/C21H18N2O5/c24-11-5-10-22-19(25)17-16-12-6-1-3-8-14(12)21(23(27)28,18(17)20(22)26)15-9-4-2-7-13(15)16/h1-4,6-9,16-18,24H,5,10-11H2/t16?,17-,18-,21?/m1/s1. The highest BCUT2D eigenvalue weighted by Gasteiger charge is 2.74. The molecule has 0 unspecified atom stereocenters. The molecule has 2 aromatic carbocycles. The van der Waals surface area contributed by atoms with Gasteiger partial charge >= 0.3 is 0 Å². The van der Waals surface area contributed by atoms with Gasteiger partial charge in [0.25, 0.3) is 5.54 Å². The van der Waals surface area contributed by atoms with Crippen molar-refractivity contribution in [2.75, 3.05) is 13.2 Å². The average molecular weight is 378 g/mol. The summed E-state index contributed by atoms with van der Waals surface area (Å²) in [6, 6.07) is 14.2. The van der Waals surface area contributed by atoms with Gasteiger partial charge in [-0.05, 0) is 17.5 Å². The minimum Gasteiger partial charge on any atom is -0.396 e. The largest absolute Gasteiger partial charge is 0.396 e. The summed E-state index contributed by atoms with van der Waals surface area (Å²) in [5.74, 6) is -3.11. The van der Waals surface area contributed by atoms with Crippen molar-refractivity contribution >= 4 is 11.8 Å². The lowest BCUT2D eigenvalue weighted by Gasteiger charge is -2.48. The van der Waals surface area contributed by atoms with Gasteiger partial charge in [-0.25, -0.2) is 0 Å². The summed E-state index contributed by atoms with van der Waals surface area (Å²) in [6.07, 6.45) is 0.257. The van der Waals surface area contributed by atoms with Crippen LogP contribution < -0.4 is 0 Å². The van der Waals surface area contributed by atoms with Crippen LogP contribution in [0, 0.1) is 22.0 Å². The fourth-order valence-electron chi connectivity index (χ4n) is 5.55. The number of hydrogen-bond acceptors (Lipinski definition) is 5. The molecule has 3 aliphatic carbocycles. The molecule has 2 aromatic rings. The Kier molecular flexibility index (Phi) is 3.49. The van der Waals surface area contributed by atoms with Crippen molar-refractivity contribution in [2.24, 2.45) is 11.8 Å². The molecule has 28 heavy (non-hydrogen) atoms. The molecule has 1 fully saturated rings. The Morgan fingerprint density at radius 2 is 1.57 bits per heavy atom. The third kappa shape index (κ3) is 1.77. The number of aliphatic hydroxyl groups excluding tert-OH is 1. The zero-order valence-corrected chi connectivity index (χ0v) is 14.9. The molecule has 7 nitrogen and oxygen atoms in total. The van der Waals surface area contributed by atoms with E-state index in [2.05, 4.69) is 0 Å². The number of rotatable bonds is 4. The normalized spacial score (nSPS) is 29.5. The van der Waals surface area contributed by atoms with Crippen molar-refractivity contribution < 1.29 is 19.6 Å². The zero-order chi connectivity index (χ0) is 19.6. The second-order valence-electron chi connectivity index (χ2n) is 7.58. The lowest BCUT2D eigenvalue weighted by molar-refractivity contribution is -0.578. The first kappa shape index (κ1) is 17.1. The number of carbonyl (C=O) groups is 2. The first-order chi connectivity index (χ1) is 13.5. The fourth-order valence-corrected chi connectivity index (χ4v) is 5.55. The van der Waals surface area contributed by atoms with Crippen LogP contribution in [0.25, 0.3) is 0 Å². The van der Waals surface area contributed by atoms with Crippen molar-refractivity contribution in [3.8, 4) is 0 Å². The van der Waals surface area contributed by atoms with E-state index < -0.39 is 23.3 Å². The minimum absolute atomic E-state index is 0.0777. The van der Waals surface area contributed by atoms with Gasteiger partial charge in [0.2, 0.25) is 11.8 Å². The van der Waals surface area contributed by atoms with E-state index in [4.69, 9.17) is 5.11 Å². The van der Waals surface area contributed by atoms with Crippen LogP contribution in [0.5, 0.6) is 0 Å². The molecule has 4 aliphatic rings.